The molecule has 1 fully saturated rings. The molecule has 1 aliphatic carbocycles. The van der Waals surface area contributed by atoms with E-state index in [-0.39, 0.29) is 11.8 Å². The van der Waals surface area contributed by atoms with Gasteiger partial charge in [0.1, 0.15) is 0 Å². The number of carbonyl (C=O) groups excluding carboxylic acids is 1. The summed E-state index contributed by atoms with van der Waals surface area (Å²) in [6, 6.07) is 0. The number of anilines is 1. The fraction of sp³-hybridized carbons (Fsp3) is 0.667. The summed E-state index contributed by atoms with van der Waals surface area (Å²) in [6.45, 7) is 5.58. The van der Waals surface area contributed by atoms with Gasteiger partial charge in [-0.05, 0) is 31.1 Å². The van der Waals surface area contributed by atoms with E-state index in [1.54, 1.807) is 6.20 Å². The van der Waals surface area contributed by atoms with Gasteiger partial charge in [-0.1, -0.05) is 13.8 Å². The monoisotopic (exact) mass is 275 g/mol. The van der Waals surface area contributed by atoms with Gasteiger partial charge in [0.05, 0.1) is 18.9 Å². The van der Waals surface area contributed by atoms with Crippen LogP contribution in [0.4, 0.5) is 5.95 Å². The molecule has 0 saturated heterocycles. The summed E-state index contributed by atoms with van der Waals surface area (Å²) in [4.78, 5) is 20.8. The second kappa shape index (κ2) is 5.48. The van der Waals surface area contributed by atoms with Crippen molar-refractivity contribution in [2.45, 2.75) is 46.3 Å². The molecule has 0 radical (unpaired) electrons. The predicted molar refractivity (Wildman–Crippen MR) is 74.8 cm³/mol. The zero-order valence-electron chi connectivity index (χ0n) is 12.1. The normalized spacial score (nSPS) is 29.0. The summed E-state index contributed by atoms with van der Waals surface area (Å²) in [7, 11) is 0. The summed E-state index contributed by atoms with van der Waals surface area (Å²) >= 11 is 0. The van der Waals surface area contributed by atoms with Crippen molar-refractivity contribution in [3.05, 3.63) is 17.5 Å². The van der Waals surface area contributed by atoms with Crippen molar-refractivity contribution in [3.63, 3.8) is 0 Å². The molecule has 1 aliphatic heterocycles. The number of nitrogens with zero attached hydrogens (tertiary/aromatic N) is 2. The van der Waals surface area contributed by atoms with Gasteiger partial charge in [-0.15, -0.1) is 0 Å². The molecule has 1 aromatic rings. The van der Waals surface area contributed by atoms with Crippen LogP contribution in [0.15, 0.2) is 6.20 Å². The van der Waals surface area contributed by atoms with Crippen LogP contribution in [-0.4, -0.2) is 15.9 Å². The highest BCUT2D eigenvalue weighted by molar-refractivity contribution is 5.91. The Bertz CT molecular complexity index is 518. The van der Waals surface area contributed by atoms with Crippen LogP contribution in [0.25, 0.3) is 0 Å². The Labute approximate surface area is 119 Å². The Kier molecular flexibility index (Phi) is 3.70. The Morgan fingerprint density at radius 3 is 2.95 bits per heavy atom. The third-order valence-corrected chi connectivity index (χ3v) is 4.65. The van der Waals surface area contributed by atoms with Gasteiger partial charge in [-0.2, -0.15) is 0 Å². The maximum absolute atomic E-state index is 12.3. The minimum absolute atomic E-state index is 0.0580. The predicted octanol–water partition coefficient (Wildman–Crippen LogP) is 2.52. The molecule has 1 saturated carbocycles. The Balaban J connectivity index is 1.64. The molecule has 3 atom stereocenters. The Hall–Kier alpha value is -1.49. The average Bonchev–Trinajstić information content (AvgIpc) is 2.89. The third-order valence-electron chi connectivity index (χ3n) is 4.65. The number of carbonyl (C=O) groups is 1. The lowest BCUT2D eigenvalue weighted by Crippen LogP contribution is -2.31. The van der Waals surface area contributed by atoms with Crippen LogP contribution in [-0.2, 0) is 22.7 Å². The first kappa shape index (κ1) is 13.5. The van der Waals surface area contributed by atoms with Gasteiger partial charge in [-0.3, -0.25) is 10.1 Å². The fourth-order valence-electron chi connectivity index (χ4n) is 3.00. The summed E-state index contributed by atoms with van der Waals surface area (Å²) in [5.74, 6) is 1.88. The van der Waals surface area contributed by atoms with E-state index in [0.717, 1.165) is 30.5 Å². The zero-order valence-corrected chi connectivity index (χ0v) is 12.1. The van der Waals surface area contributed by atoms with E-state index < -0.39 is 0 Å². The second-order valence-corrected chi connectivity index (χ2v) is 6.11. The van der Waals surface area contributed by atoms with Gasteiger partial charge in [0.25, 0.3) is 0 Å². The number of rotatable bonds is 2. The smallest absolute Gasteiger partial charge is 0.229 e. The minimum atomic E-state index is 0.0580. The van der Waals surface area contributed by atoms with E-state index in [4.69, 9.17) is 4.74 Å². The molecular formula is C15H21N3O2. The van der Waals surface area contributed by atoms with Crippen LogP contribution in [0.5, 0.6) is 0 Å². The molecular weight excluding hydrogens is 254 g/mol. The van der Waals surface area contributed by atoms with E-state index in [1.165, 1.54) is 0 Å². The fourth-order valence-corrected chi connectivity index (χ4v) is 3.00. The summed E-state index contributed by atoms with van der Waals surface area (Å²) in [5.41, 5.74) is 1.91. The van der Waals surface area contributed by atoms with Crippen LogP contribution in [0, 0.1) is 17.8 Å². The van der Waals surface area contributed by atoms with Crippen LogP contribution in [0.2, 0.25) is 0 Å². The topological polar surface area (TPSA) is 64.1 Å². The summed E-state index contributed by atoms with van der Waals surface area (Å²) in [6.07, 6.45) is 4.79. The van der Waals surface area contributed by atoms with Crippen LogP contribution >= 0.6 is 0 Å². The molecule has 1 aromatic heterocycles. The second-order valence-electron chi connectivity index (χ2n) is 6.11. The zero-order chi connectivity index (χ0) is 14.1. The number of fused-ring (bicyclic) bond motifs is 1. The summed E-state index contributed by atoms with van der Waals surface area (Å²) < 4.78 is 5.30. The molecule has 1 amide bonds. The van der Waals surface area contributed by atoms with Gasteiger partial charge in [0, 0.05) is 17.7 Å². The highest BCUT2D eigenvalue weighted by atomic mass is 16.5. The van der Waals surface area contributed by atoms with Gasteiger partial charge < -0.3 is 4.74 Å². The highest BCUT2D eigenvalue weighted by Gasteiger charge is 2.29. The molecule has 0 bridgehead atoms. The van der Waals surface area contributed by atoms with E-state index in [9.17, 15) is 4.79 Å². The van der Waals surface area contributed by atoms with E-state index in [2.05, 4.69) is 29.1 Å². The van der Waals surface area contributed by atoms with Crippen molar-refractivity contribution in [1.29, 1.82) is 0 Å². The van der Waals surface area contributed by atoms with Crippen molar-refractivity contribution in [2.24, 2.45) is 17.8 Å². The maximum Gasteiger partial charge on any atom is 0.229 e. The van der Waals surface area contributed by atoms with Crippen molar-refractivity contribution >= 4 is 11.9 Å². The van der Waals surface area contributed by atoms with Crippen LogP contribution in [0.1, 0.15) is 44.4 Å². The minimum Gasteiger partial charge on any atom is -0.370 e. The number of amides is 1. The molecule has 0 aromatic carbocycles. The molecule has 1 N–H and O–H groups in total. The van der Waals surface area contributed by atoms with E-state index in [1.807, 2.05) is 0 Å². The quantitative estimate of drug-likeness (QED) is 0.900. The SMILES string of the molecule is CC1CCC(C(=O)Nc2ncc3c(n2)COC3)CC1C. The van der Waals surface area contributed by atoms with Gasteiger partial charge in [0.2, 0.25) is 11.9 Å². The molecule has 108 valence electrons. The number of hydrogen-bond donors (Lipinski definition) is 1. The lowest BCUT2D eigenvalue weighted by molar-refractivity contribution is -0.121. The van der Waals surface area contributed by atoms with Gasteiger partial charge in [-0.25, -0.2) is 9.97 Å². The van der Waals surface area contributed by atoms with E-state index >= 15 is 0 Å². The first-order valence-corrected chi connectivity index (χ1v) is 7.37. The molecule has 5 heteroatoms. The standard InChI is InChI=1S/C15H21N3O2/c1-9-3-4-11(5-10(9)2)14(19)18-15-16-6-12-7-20-8-13(12)17-15/h6,9-11H,3-5,7-8H2,1-2H3,(H,16,17,18,19). The van der Waals surface area contributed by atoms with Crippen molar-refractivity contribution in [3.8, 4) is 0 Å². The molecule has 2 heterocycles. The highest BCUT2D eigenvalue weighted by Crippen LogP contribution is 2.33. The first-order chi connectivity index (χ1) is 9.63. The lowest BCUT2D eigenvalue weighted by Gasteiger charge is -2.30. The van der Waals surface area contributed by atoms with Crippen LogP contribution < -0.4 is 5.32 Å². The average molecular weight is 275 g/mol. The molecule has 5 nitrogen and oxygen atoms in total. The largest absolute Gasteiger partial charge is 0.370 e. The number of nitrogens with one attached hydrogen (secondary N) is 1. The van der Waals surface area contributed by atoms with Gasteiger partial charge in [0.15, 0.2) is 0 Å². The number of aromatic nitrogens is 2. The Morgan fingerprint density at radius 2 is 2.15 bits per heavy atom. The van der Waals surface area contributed by atoms with Crippen molar-refractivity contribution in [2.75, 3.05) is 5.32 Å². The van der Waals surface area contributed by atoms with Crippen molar-refractivity contribution in [1.82, 2.24) is 9.97 Å². The summed E-state index contributed by atoms with van der Waals surface area (Å²) in [5, 5.41) is 2.86. The lowest BCUT2D eigenvalue weighted by atomic mass is 9.75. The van der Waals surface area contributed by atoms with Crippen LogP contribution in [0.3, 0.4) is 0 Å². The van der Waals surface area contributed by atoms with Gasteiger partial charge >= 0.3 is 0 Å². The molecule has 2 aliphatic rings. The molecule has 3 rings (SSSR count). The number of ether oxygens (including phenoxy) is 1. The molecule has 0 spiro atoms. The van der Waals surface area contributed by atoms with E-state index in [0.29, 0.717) is 31.0 Å². The third kappa shape index (κ3) is 2.68. The first-order valence-electron chi connectivity index (χ1n) is 7.37. The Morgan fingerprint density at radius 1 is 1.30 bits per heavy atom. The van der Waals surface area contributed by atoms with Crippen molar-refractivity contribution < 1.29 is 9.53 Å². The molecule has 3 unspecified atom stereocenters. The number of hydrogen-bond acceptors (Lipinski definition) is 4. The maximum atomic E-state index is 12.3. The molecule has 20 heavy (non-hydrogen) atoms.